The average molecular weight is 391 g/mol. The summed E-state index contributed by atoms with van der Waals surface area (Å²) in [6, 6.07) is 9.71. The minimum absolute atomic E-state index is 0.250. The number of hydrogen-bond donors (Lipinski definition) is 0. The molecule has 2 saturated carbocycles. The molecule has 2 saturated heterocycles. The lowest BCUT2D eigenvalue weighted by atomic mass is 9.65. The standard InChI is InChI=1S/C26H34N2O/c29-25(28-13-3-4-14-28)22-9-10-26(23-6-2-1-5-21(22)23)11-15-27(16-12-26)24-18-19-7-8-20(24)17-19/h1-2,5-6,9,19-20,24H,3-4,7-8,10-18H2/t19-,20-,24?/m1/s1. The molecule has 3 heteroatoms. The normalized spacial score (nSPS) is 33.2. The Hall–Kier alpha value is -1.61. The second-order valence-electron chi connectivity index (χ2n) is 10.4. The smallest absolute Gasteiger partial charge is 0.254 e. The van der Waals surface area contributed by atoms with Crippen molar-refractivity contribution in [3.05, 3.63) is 41.5 Å². The van der Waals surface area contributed by atoms with Crippen LogP contribution in [0.2, 0.25) is 0 Å². The van der Waals surface area contributed by atoms with Crippen LogP contribution in [0.1, 0.15) is 68.9 Å². The van der Waals surface area contributed by atoms with Gasteiger partial charge in [-0.2, -0.15) is 0 Å². The van der Waals surface area contributed by atoms with Gasteiger partial charge >= 0.3 is 0 Å². The summed E-state index contributed by atoms with van der Waals surface area (Å²) in [4.78, 5) is 18.1. The number of amides is 1. The van der Waals surface area contributed by atoms with Crippen LogP contribution in [0.3, 0.4) is 0 Å². The van der Waals surface area contributed by atoms with Crippen molar-refractivity contribution in [3.63, 3.8) is 0 Å². The van der Waals surface area contributed by atoms with E-state index in [0.29, 0.717) is 0 Å². The zero-order chi connectivity index (χ0) is 19.4. The predicted molar refractivity (Wildman–Crippen MR) is 117 cm³/mol. The Balaban J connectivity index is 1.23. The van der Waals surface area contributed by atoms with Crippen LogP contribution >= 0.6 is 0 Å². The molecule has 4 fully saturated rings. The van der Waals surface area contributed by atoms with E-state index in [0.717, 1.165) is 55.8 Å². The van der Waals surface area contributed by atoms with Gasteiger partial charge in [-0.15, -0.1) is 0 Å². The number of piperidine rings is 1. The Bertz CT molecular complexity index is 829. The van der Waals surface area contributed by atoms with E-state index in [2.05, 4.69) is 40.1 Å². The number of carbonyl (C=O) groups is 1. The van der Waals surface area contributed by atoms with Gasteiger partial charge in [0.15, 0.2) is 0 Å². The molecule has 0 N–H and O–H groups in total. The molecule has 0 radical (unpaired) electrons. The molecule has 29 heavy (non-hydrogen) atoms. The van der Waals surface area contributed by atoms with Crippen molar-refractivity contribution >= 4 is 11.5 Å². The lowest BCUT2D eigenvalue weighted by Crippen LogP contribution is -2.49. The summed E-state index contributed by atoms with van der Waals surface area (Å²) >= 11 is 0. The highest BCUT2D eigenvalue weighted by atomic mass is 16.2. The molecule has 5 aliphatic rings. The lowest BCUT2D eigenvalue weighted by Gasteiger charge is -2.47. The highest BCUT2D eigenvalue weighted by molar-refractivity contribution is 6.20. The van der Waals surface area contributed by atoms with Crippen molar-refractivity contribution in [1.29, 1.82) is 0 Å². The number of hydrogen-bond acceptors (Lipinski definition) is 2. The molecule has 1 unspecified atom stereocenters. The molecule has 0 aromatic heterocycles. The third-order valence-corrected chi connectivity index (χ3v) is 9.03. The SMILES string of the molecule is O=C(C1=CCC2(CCN(C3C[C@@H]4CC[C@@H]3C4)CC2)c2ccccc21)N1CCCC1. The number of carbonyl (C=O) groups excluding carboxylic acids is 1. The minimum Gasteiger partial charge on any atom is -0.339 e. The highest BCUT2D eigenvalue weighted by Gasteiger charge is 2.46. The van der Waals surface area contributed by atoms with Crippen molar-refractivity contribution in [2.75, 3.05) is 26.2 Å². The fourth-order valence-electron chi connectivity index (χ4n) is 7.41. The summed E-state index contributed by atoms with van der Waals surface area (Å²) in [5.74, 6) is 2.28. The molecular weight excluding hydrogens is 356 g/mol. The van der Waals surface area contributed by atoms with Gasteiger partial charge in [-0.1, -0.05) is 36.8 Å². The van der Waals surface area contributed by atoms with Crippen LogP contribution in [0.25, 0.3) is 5.57 Å². The van der Waals surface area contributed by atoms with Crippen LogP contribution in [0.4, 0.5) is 0 Å². The Labute approximate surface area is 175 Å². The van der Waals surface area contributed by atoms with E-state index in [1.807, 2.05) is 0 Å². The van der Waals surface area contributed by atoms with Crippen LogP contribution in [0, 0.1) is 11.8 Å². The first-order valence-electron chi connectivity index (χ1n) is 12.1. The maximum atomic E-state index is 13.2. The Kier molecular flexibility index (Phi) is 4.37. The molecule has 154 valence electrons. The van der Waals surface area contributed by atoms with Gasteiger partial charge < -0.3 is 9.80 Å². The van der Waals surface area contributed by atoms with Gasteiger partial charge in [0.05, 0.1) is 0 Å². The first-order valence-corrected chi connectivity index (χ1v) is 12.1. The molecular formula is C26H34N2O. The summed E-state index contributed by atoms with van der Waals surface area (Å²) in [7, 11) is 0. The number of fused-ring (bicyclic) bond motifs is 4. The average Bonchev–Trinajstić information content (AvgIpc) is 3.53. The second kappa shape index (κ2) is 6.97. The van der Waals surface area contributed by atoms with Gasteiger partial charge in [0.2, 0.25) is 0 Å². The van der Waals surface area contributed by atoms with Gasteiger partial charge in [-0.25, -0.2) is 0 Å². The number of allylic oxidation sites excluding steroid dienone is 1. The van der Waals surface area contributed by atoms with Gasteiger partial charge in [0.25, 0.3) is 5.91 Å². The van der Waals surface area contributed by atoms with Gasteiger partial charge in [-0.05, 0) is 87.4 Å². The fourth-order valence-corrected chi connectivity index (χ4v) is 7.41. The van der Waals surface area contributed by atoms with Crippen LogP contribution in [0.5, 0.6) is 0 Å². The summed E-state index contributed by atoms with van der Waals surface area (Å²) in [5, 5.41) is 0. The Morgan fingerprint density at radius 3 is 2.48 bits per heavy atom. The third-order valence-electron chi connectivity index (χ3n) is 9.03. The van der Waals surface area contributed by atoms with E-state index in [4.69, 9.17) is 0 Å². The molecule has 1 aromatic carbocycles. The zero-order valence-electron chi connectivity index (χ0n) is 17.6. The molecule has 2 aliphatic heterocycles. The fraction of sp³-hybridized carbons (Fsp3) is 0.654. The van der Waals surface area contributed by atoms with Crippen molar-refractivity contribution in [1.82, 2.24) is 9.80 Å². The Morgan fingerprint density at radius 2 is 1.76 bits per heavy atom. The lowest BCUT2D eigenvalue weighted by molar-refractivity contribution is -0.124. The highest BCUT2D eigenvalue weighted by Crippen LogP contribution is 2.50. The van der Waals surface area contributed by atoms with E-state index >= 15 is 0 Å². The quantitative estimate of drug-likeness (QED) is 0.736. The maximum absolute atomic E-state index is 13.2. The summed E-state index contributed by atoms with van der Waals surface area (Å²) in [5.41, 5.74) is 3.91. The molecule has 2 bridgehead atoms. The van der Waals surface area contributed by atoms with Crippen molar-refractivity contribution in [3.8, 4) is 0 Å². The van der Waals surface area contributed by atoms with E-state index < -0.39 is 0 Å². The van der Waals surface area contributed by atoms with Gasteiger partial charge in [0.1, 0.15) is 0 Å². The second-order valence-corrected chi connectivity index (χ2v) is 10.4. The Morgan fingerprint density at radius 1 is 0.966 bits per heavy atom. The van der Waals surface area contributed by atoms with Crippen LogP contribution in [-0.2, 0) is 10.2 Å². The molecule has 6 rings (SSSR count). The van der Waals surface area contributed by atoms with Crippen molar-refractivity contribution in [2.24, 2.45) is 11.8 Å². The topological polar surface area (TPSA) is 23.6 Å². The maximum Gasteiger partial charge on any atom is 0.254 e. The summed E-state index contributed by atoms with van der Waals surface area (Å²) in [6.45, 7) is 4.35. The van der Waals surface area contributed by atoms with E-state index in [9.17, 15) is 4.79 Å². The largest absolute Gasteiger partial charge is 0.339 e. The number of nitrogens with zero attached hydrogens (tertiary/aromatic N) is 2. The van der Waals surface area contributed by atoms with Crippen LogP contribution in [0.15, 0.2) is 30.3 Å². The summed E-state index contributed by atoms with van der Waals surface area (Å²) in [6.07, 6.45) is 14.1. The molecule has 3 atom stereocenters. The third kappa shape index (κ3) is 2.91. The van der Waals surface area contributed by atoms with E-state index in [-0.39, 0.29) is 11.3 Å². The van der Waals surface area contributed by atoms with Gasteiger partial charge in [-0.3, -0.25) is 4.79 Å². The molecule has 3 nitrogen and oxygen atoms in total. The van der Waals surface area contributed by atoms with Crippen LogP contribution < -0.4 is 0 Å². The molecule has 2 heterocycles. The van der Waals surface area contributed by atoms with E-state index in [1.165, 1.54) is 62.7 Å². The van der Waals surface area contributed by atoms with Crippen molar-refractivity contribution < 1.29 is 4.79 Å². The molecule has 3 aliphatic carbocycles. The molecule has 1 amide bonds. The molecule has 1 spiro atoms. The van der Waals surface area contributed by atoms with Crippen LogP contribution in [-0.4, -0.2) is 47.9 Å². The first kappa shape index (κ1) is 18.2. The minimum atomic E-state index is 0.250. The zero-order valence-corrected chi connectivity index (χ0v) is 17.6. The first-order chi connectivity index (χ1) is 14.2. The summed E-state index contributed by atoms with van der Waals surface area (Å²) < 4.78 is 0. The predicted octanol–water partition coefficient (Wildman–Crippen LogP) is 4.62. The van der Waals surface area contributed by atoms with Gasteiger partial charge in [0, 0.05) is 30.1 Å². The monoisotopic (exact) mass is 390 g/mol. The number of rotatable bonds is 2. The number of likely N-dealkylation sites (tertiary alicyclic amines) is 2. The van der Waals surface area contributed by atoms with Crippen molar-refractivity contribution in [2.45, 2.75) is 69.2 Å². The molecule has 1 aromatic rings. The number of benzene rings is 1. The van der Waals surface area contributed by atoms with E-state index in [1.54, 1.807) is 0 Å².